The summed E-state index contributed by atoms with van der Waals surface area (Å²) in [7, 11) is 1.59. The Morgan fingerprint density at radius 1 is 1.27 bits per heavy atom. The lowest BCUT2D eigenvalue weighted by molar-refractivity contribution is -0.144. The molecule has 0 bridgehead atoms. The van der Waals surface area contributed by atoms with Crippen LogP contribution in [0.15, 0.2) is 24.3 Å². The van der Waals surface area contributed by atoms with E-state index in [1.165, 1.54) is 0 Å². The zero-order valence-electron chi connectivity index (χ0n) is 15.5. The van der Waals surface area contributed by atoms with Gasteiger partial charge in [0, 0.05) is 50.1 Å². The first-order valence-electron chi connectivity index (χ1n) is 9.30. The fourth-order valence-corrected chi connectivity index (χ4v) is 4.24. The molecule has 0 aliphatic carbocycles. The quantitative estimate of drug-likeness (QED) is 0.791. The van der Waals surface area contributed by atoms with Gasteiger partial charge in [-0.3, -0.25) is 9.59 Å². The number of carbonyl (C=O) groups excluding carboxylic acids is 2. The fourth-order valence-electron chi connectivity index (χ4n) is 4.12. The number of nitrogens with zero attached hydrogens (tertiary/aromatic N) is 2. The van der Waals surface area contributed by atoms with Gasteiger partial charge in [0.05, 0.1) is 0 Å². The minimum Gasteiger partial charge on any atom is -0.372 e. The molecule has 2 amide bonds. The van der Waals surface area contributed by atoms with E-state index < -0.39 is 0 Å². The molecule has 1 aromatic rings. The molecule has 2 aliphatic rings. The van der Waals surface area contributed by atoms with Crippen molar-refractivity contribution < 1.29 is 14.3 Å². The highest BCUT2D eigenvalue weighted by Crippen LogP contribution is 2.41. The van der Waals surface area contributed by atoms with Crippen LogP contribution < -0.4 is 0 Å². The minimum absolute atomic E-state index is 0.00900. The van der Waals surface area contributed by atoms with Crippen molar-refractivity contribution in [3.8, 4) is 0 Å². The maximum absolute atomic E-state index is 12.5. The van der Waals surface area contributed by atoms with Crippen molar-refractivity contribution >= 4 is 23.4 Å². The Bertz CT molecular complexity index is 650. The molecule has 6 heteroatoms. The van der Waals surface area contributed by atoms with Crippen LogP contribution in [0.3, 0.4) is 0 Å². The summed E-state index contributed by atoms with van der Waals surface area (Å²) in [4.78, 5) is 28.9. The number of ether oxygens (including phenoxy) is 1. The minimum atomic E-state index is -0.351. The molecule has 2 fully saturated rings. The number of benzene rings is 1. The summed E-state index contributed by atoms with van der Waals surface area (Å²) >= 11 is 5.93. The van der Waals surface area contributed by atoms with Crippen LogP contribution in [0.25, 0.3) is 0 Å². The van der Waals surface area contributed by atoms with Crippen molar-refractivity contribution in [3.05, 3.63) is 34.9 Å². The molecule has 2 saturated heterocycles. The van der Waals surface area contributed by atoms with E-state index in [4.69, 9.17) is 16.3 Å². The lowest BCUT2D eigenvalue weighted by atomic mass is 9.77. The lowest BCUT2D eigenvalue weighted by Crippen LogP contribution is -2.48. The average Bonchev–Trinajstić information content (AvgIpc) is 2.93. The Balaban J connectivity index is 1.58. The van der Waals surface area contributed by atoms with Crippen molar-refractivity contribution in [2.75, 3.05) is 26.7 Å². The molecule has 2 aliphatic heterocycles. The number of hydrogen-bond donors (Lipinski definition) is 0. The second-order valence-corrected chi connectivity index (χ2v) is 7.95. The van der Waals surface area contributed by atoms with Crippen molar-refractivity contribution in [1.29, 1.82) is 0 Å². The molecule has 1 aromatic carbocycles. The van der Waals surface area contributed by atoms with Gasteiger partial charge in [-0.05, 0) is 37.0 Å². The Morgan fingerprint density at radius 3 is 2.50 bits per heavy atom. The van der Waals surface area contributed by atoms with Gasteiger partial charge < -0.3 is 14.5 Å². The van der Waals surface area contributed by atoms with Gasteiger partial charge in [-0.1, -0.05) is 30.7 Å². The molecule has 5 nitrogen and oxygen atoms in total. The van der Waals surface area contributed by atoms with Gasteiger partial charge in [0.25, 0.3) is 5.91 Å². The third-order valence-corrected chi connectivity index (χ3v) is 6.01. The molecule has 26 heavy (non-hydrogen) atoms. The van der Waals surface area contributed by atoms with E-state index in [1.807, 2.05) is 41.0 Å². The van der Waals surface area contributed by atoms with Gasteiger partial charge in [0.2, 0.25) is 5.91 Å². The number of rotatable bonds is 5. The maximum Gasteiger partial charge on any atom is 0.251 e. The molecule has 0 saturated carbocycles. The molecule has 142 valence electrons. The van der Waals surface area contributed by atoms with Crippen LogP contribution in [0.5, 0.6) is 0 Å². The van der Waals surface area contributed by atoms with Crippen molar-refractivity contribution in [2.24, 2.45) is 5.41 Å². The first-order valence-corrected chi connectivity index (χ1v) is 9.68. The highest BCUT2D eigenvalue weighted by molar-refractivity contribution is 6.30. The van der Waals surface area contributed by atoms with Crippen LogP contribution in [0.2, 0.25) is 5.02 Å². The molecule has 0 radical (unpaired) electrons. The third-order valence-electron chi connectivity index (χ3n) is 5.76. The third kappa shape index (κ3) is 4.04. The van der Waals surface area contributed by atoms with Crippen LogP contribution >= 0.6 is 11.6 Å². The largest absolute Gasteiger partial charge is 0.372 e. The second kappa shape index (κ2) is 7.97. The Labute approximate surface area is 160 Å². The Kier molecular flexibility index (Phi) is 5.88. The smallest absolute Gasteiger partial charge is 0.251 e. The van der Waals surface area contributed by atoms with E-state index in [2.05, 4.69) is 0 Å². The Hall–Kier alpha value is -1.59. The zero-order valence-corrected chi connectivity index (χ0v) is 16.3. The predicted molar refractivity (Wildman–Crippen MR) is 101 cm³/mol. The maximum atomic E-state index is 12.5. The topological polar surface area (TPSA) is 49.9 Å². The first-order chi connectivity index (χ1) is 12.5. The van der Waals surface area contributed by atoms with Crippen LogP contribution in [-0.4, -0.2) is 54.5 Å². The van der Waals surface area contributed by atoms with Crippen molar-refractivity contribution in [2.45, 2.75) is 45.3 Å². The zero-order chi connectivity index (χ0) is 18.7. The number of amides is 2. The first kappa shape index (κ1) is 19.2. The molecule has 0 aromatic heterocycles. The van der Waals surface area contributed by atoms with Crippen LogP contribution in [0, 0.1) is 5.41 Å². The molecular formula is C20H27ClN2O3. The SMILES string of the molecule is CCC(OC)C(=O)N1CCC2(CC1)CC(=O)N(Cc1ccc(Cl)cc1)C2. The van der Waals surface area contributed by atoms with Gasteiger partial charge in [0.15, 0.2) is 0 Å². The number of hydrogen-bond acceptors (Lipinski definition) is 3. The number of methoxy groups -OCH3 is 1. The fraction of sp³-hybridized carbons (Fsp3) is 0.600. The monoisotopic (exact) mass is 378 g/mol. The van der Waals surface area contributed by atoms with E-state index in [9.17, 15) is 9.59 Å². The molecule has 1 unspecified atom stereocenters. The van der Waals surface area contributed by atoms with Gasteiger partial charge in [-0.25, -0.2) is 0 Å². The van der Waals surface area contributed by atoms with E-state index in [0.717, 1.165) is 24.9 Å². The van der Waals surface area contributed by atoms with E-state index >= 15 is 0 Å². The predicted octanol–water partition coefficient (Wildman–Crippen LogP) is 3.11. The summed E-state index contributed by atoms with van der Waals surface area (Å²) in [6.07, 6.45) is 2.67. The summed E-state index contributed by atoms with van der Waals surface area (Å²) < 4.78 is 5.28. The molecular weight excluding hydrogens is 352 g/mol. The molecule has 0 N–H and O–H groups in total. The van der Waals surface area contributed by atoms with Crippen LogP contribution in [-0.2, 0) is 20.9 Å². The van der Waals surface area contributed by atoms with Gasteiger partial charge in [-0.15, -0.1) is 0 Å². The highest BCUT2D eigenvalue weighted by atomic mass is 35.5. The number of halogens is 1. The number of likely N-dealkylation sites (tertiary alicyclic amines) is 2. The van der Waals surface area contributed by atoms with Gasteiger partial charge in [0.1, 0.15) is 6.10 Å². The number of piperidine rings is 1. The second-order valence-electron chi connectivity index (χ2n) is 7.51. The van der Waals surface area contributed by atoms with Crippen molar-refractivity contribution in [1.82, 2.24) is 9.80 Å². The van der Waals surface area contributed by atoms with Crippen LogP contribution in [0.4, 0.5) is 0 Å². The summed E-state index contributed by atoms with van der Waals surface area (Å²) in [6.45, 7) is 4.78. The summed E-state index contributed by atoms with van der Waals surface area (Å²) in [5, 5.41) is 0.705. The molecule has 3 rings (SSSR count). The molecule has 1 spiro atoms. The van der Waals surface area contributed by atoms with E-state index in [0.29, 0.717) is 37.5 Å². The normalized spacial score (nSPS) is 20.7. The van der Waals surface area contributed by atoms with E-state index in [1.54, 1.807) is 7.11 Å². The summed E-state index contributed by atoms with van der Waals surface area (Å²) in [6, 6.07) is 7.66. The standard InChI is InChI=1S/C20H27ClN2O3/c1-3-17(26-2)19(25)22-10-8-20(9-11-22)12-18(24)23(14-20)13-15-4-6-16(21)7-5-15/h4-7,17H,3,8-14H2,1-2H3. The van der Waals surface area contributed by atoms with Crippen molar-refractivity contribution in [3.63, 3.8) is 0 Å². The summed E-state index contributed by atoms with van der Waals surface area (Å²) in [5.41, 5.74) is 1.10. The van der Waals surface area contributed by atoms with Gasteiger partial charge >= 0.3 is 0 Å². The molecule has 2 heterocycles. The van der Waals surface area contributed by atoms with Gasteiger partial charge in [-0.2, -0.15) is 0 Å². The van der Waals surface area contributed by atoms with Crippen LogP contribution in [0.1, 0.15) is 38.2 Å². The molecule has 1 atom stereocenters. The summed E-state index contributed by atoms with van der Waals surface area (Å²) in [5.74, 6) is 0.287. The highest BCUT2D eigenvalue weighted by Gasteiger charge is 2.45. The Morgan fingerprint density at radius 2 is 1.92 bits per heavy atom. The lowest BCUT2D eigenvalue weighted by Gasteiger charge is -2.39. The van der Waals surface area contributed by atoms with E-state index in [-0.39, 0.29) is 23.3 Å². The average molecular weight is 379 g/mol. The number of carbonyl (C=O) groups is 2.